The molecule has 0 aliphatic heterocycles. The summed E-state index contributed by atoms with van der Waals surface area (Å²) in [5, 5.41) is 6.80. The zero-order valence-corrected chi connectivity index (χ0v) is 18.9. The molecule has 1 saturated carbocycles. The van der Waals surface area contributed by atoms with Crippen molar-refractivity contribution in [3.63, 3.8) is 0 Å². The number of nitrogens with zero attached hydrogens (tertiary/aromatic N) is 2. The van der Waals surface area contributed by atoms with Crippen molar-refractivity contribution >= 4 is 33.2 Å². The highest BCUT2D eigenvalue weighted by Gasteiger charge is 2.27. The van der Waals surface area contributed by atoms with Gasteiger partial charge in [0.25, 0.3) is 5.91 Å². The van der Waals surface area contributed by atoms with Gasteiger partial charge in [-0.3, -0.25) is 9.59 Å². The molecule has 2 aromatic carbocycles. The molecule has 2 N–H and O–H groups in total. The molecule has 3 rings (SSSR count). The van der Waals surface area contributed by atoms with Gasteiger partial charge in [-0.2, -0.15) is 9.41 Å². The Kier molecular flexibility index (Phi) is 8.13. The molecule has 9 heteroatoms. The lowest BCUT2D eigenvalue weighted by atomic mass is 9.99. The molecule has 0 heterocycles. The monoisotopic (exact) mass is 456 g/mol. The van der Waals surface area contributed by atoms with Crippen LogP contribution in [0.1, 0.15) is 44.6 Å². The topological polar surface area (TPSA) is 108 Å². The van der Waals surface area contributed by atoms with Crippen LogP contribution >= 0.6 is 0 Å². The number of benzene rings is 2. The highest BCUT2D eigenvalue weighted by Crippen LogP contribution is 2.21. The van der Waals surface area contributed by atoms with E-state index in [1.54, 1.807) is 0 Å². The van der Waals surface area contributed by atoms with Gasteiger partial charge in [-0.05, 0) is 55.5 Å². The van der Waals surface area contributed by atoms with Crippen molar-refractivity contribution in [1.29, 1.82) is 0 Å². The zero-order valence-electron chi connectivity index (χ0n) is 18.1. The summed E-state index contributed by atoms with van der Waals surface area (Å²) in [6.07, 6.45) is 4.98. The average molecular weight is 457 g/mol. The summed E-state index contributed by atoms with van der Waals surface area (Å²) in [6.45, 7) is 1.06. The maximum absolute atomic E-state index is 13.3. The third-order valence-electron chi connectivity index (χ3n) is 5.10. The number of hydrogen-bond acceptors (Lipinski definition) is 5. The quantitative estimate of drug-likeness (QED) is 0.594. The minimum absolute atomic E-state index is 0.0360. The van der Waals surface area contributed by atoms with Crippen LogP contribution in [-0.4, -0.2) is 36.8 Å². The third-order valence-corrected chi connectivity index (χ3v) is 6.91. The van der Waals surface area contributed by atoms with E-state index in [-0.39, 0.29) is 23.9 Å². The molecule has 8 nitrogen and oxygen atoms in total. The minimum Gasteiger partial charge on any atom is -0.326 e. The van der Waals surface area contributed by atoms with Crippen molar-refractivity contribution in [3.05, 3.63) is 60.2 Å². The lowest BCUT2D eigenvalue weighted by molar-refractivity contribution is -0.121. The van der Waals surface area contributed by atoms with Crippen LogP contribution in [0.25, 0.3) is 0 Å². The van der Waals surface area contributed by atoms with Crippen LogP contribution in [0.4, 0.5) is 5.69 Å². The average Bonchev–Trinajstić information content (AvgIpc) is 2.78. The molecule has 2 aromatic rings. The first kappa shape index (κ1) is 23.6. The summed E-state index contributed by atoms with van der Waals surface area (Å²) >= 11 is 0. The molecule has 170 valence electrons. The van der Waals surface area contributed by atoms with E-state index in [1.165, 1.54) is 31.2 Å². The lowest BCUT2D eigenvalue weighted by Gasteiger charge is -2.22. The van der Waals surface area contributed by atoms with Gasteiger partial charge in [0.1, 0.15) is 0 Å². The second-order valence-electron chi connectivity index (χ2n) is 7.74. The van der Waals surface area contributed by atoms with Crippen LogP contribution in [0.2, 0.25) is 0 Å². The van der Waals surface area contributed by atoms with Crippen LogP contribution in [0.3, 0.4) is 0 Å². The third kappa shape index (κ3) is 6.73. The largest absolute Gasteiger partial charge is 0.326 e. The highest BCUT2D eigenvalue weighted by atomic mass is 32.2. The van der Waals surface area contributed by atoms with E-state index in [4.69, 9.17) is 0 Å². The number of hydrazone groups is 1. The van der Waals surface area contributed by atoms with E-state index in [2.05, 4.69) is 15.8 Å². The van der Waals surface area contributed by atoms with Gasteiger partial charge in [0, 0.05) is 24.9 Å². The Labute approximate surface area is 188 Å². The molecule has 0 unspecified atom stereocenters. The van der Waals surface area contributed by atoms with Crippen molar-refractivity contribution in [2.45, 2.75) is 50.5 Å². The number of hydrogen-bond donors (Lipinski definition) is 2. The van der Waals surface area contributed by atoms with Crippen molar-refractivity contribution < 1.29 is 18.0 Å². The first-order valence-corrected chi connectivity index (χ1v) is 12.0. The van der Waals surface area contributed by atoms with E-state index < -0.39 is 15.9 Å². The normalized spacial score (nSPS) is 14.1. The standard InChI is InChI=1S/C23H28N4O4S/c1-18(28)24-20-12-14-22(15-13-20)32(30,31)27(16-19-8-4-2-5-9-19)17-23(29)26-25-21-10-6-3-7-11-21/h2,4-5,8-9,12-15H,3,6-7,10-11,16-17H2,1H3,(H,24,28)(H,26,29). The fourth-order valence-electron chi connectivity index (χ4n) is 3.48. The Morgan fingerprint density at radius 1 is 0.969 bits per heavy atom. The Bertz CT molecular complexity index is 1060. The van der Waals surface area contributed by atoms with Gasteiger partial charge in [-0.15, -0.1) is 0 Å². The van der Waals surface area contributed by atoms with Gasteiger partial charge in [0.2, 0.25) is 15.9 Å². The molecule has 0 aromatic heterocycles. The van der Waals surface area contributed by atoms with E-state index in [9.17, 15) is 18.0 Å². The predicted octanol–water partition coefficient (Wildman–Crippen LogP) is 3.27. The van der Waals surface area contributed by atoms with Gasteiger partial charge >= 0.3 is 0 Å². The molecule has 1 aliphatic rings. The molecule has 32 heavy (non-hydrogen) atoms. The van der Waals surface area contributed by atoms with Crippen LogP contribution in [-0.2, 0) is 26.2 Å². The maximum Gasteiger partial charge on any atom is 0.255 e. The minimum atomic E-state index is -3.97. The zero-order chi connectivity index (χ0) is 23.0. The van der Waals surface area contributed by atoms with Gasteiger partial charge in [0.15, 0.2) is 0 Å². The Morgan fingerprint density at radius 3 is 2.25 bits per heavy atom. The summed E-state index contributed by atoms with van der Waals surface area (Å²) in [6, 6.07) is 15.0. The van der Waals surface area contributed by atoms with E-state index in [0.29, 0.717) is 5.69 Å². The van der Waals surface area contributed by atoms with E-state index in [0.717, 1.165) is 47.7 Å². The SMILES string of the molecule is CC(=O)Nc1ccc(S(=O)(=O)N(CC(=O)NN=C2CCCCC2)Cc2ccccc2)cc1. The van der Waals surface area contributed by atoms with Gasteiger partial charge in [0.05, 0.1) is 11.4 Å². The second-order valence-corrected chi connectivity index (χ2v) is 9.68. The van der Waals surface area contributed by atoms with E-state index in [1.807, 2.05) is 30.3 Å². The van der Waals surface area contributed by atoms with Crippen molar-refractivity contribution in [2.24, 2.45) is 5.10 Å². The maximum atomic E-state index is 13.3. The molecule has 1 aliphatic carbocycles. The molecule has 0 radical (unpaired) electrons. The number of amides is 2. The Balaban J connectivity index is 1.79. The number of anilines is 1. The molecule has 0 spiro atoms. The van der Waals surface area contributed by atoms with Gasteiger partial charge in [-0.1, -0.05) is 36.8 Å². The van der Waals surface area contributed by atoms with Gasteiger partial charge in [-0.25, -0.2) is 13.8 Å². The molecular formula is C23H28N4O4S. The molecule has 2 amide bonds. The Morgan fingerprint density at radius 2 is 1.62 bits per heavy atom. The number of carbonyl (C=O) groups excluding carboxylic acids is 2. The van der Waals surface area contributed by atoms with Crippen molar-refractivity contribution in [2.75, 3.05) is 11.9 Å². The first-order chi connectivity index (χ1) is 15.3. The predicted molar refractivity (Wildman–Crippen MR) is 123 cm³/mol. The Hall–Kier alpha value is -3.04. The second kappa shape index (κ2) is 11.0. The van der Waals surface area contributed by atoms with Crippen LogP contribution < -0.4 is 10.7 Å². The van der Waals surface area contributed by atoms with Crippen LogP contribution in [0.15, 0.2) is 64.6 Å². The molecule has 0 atom stereocenters. The van der Waals surface area contributed by atoms with Crippen molar-refractivity contribution in [3.8, 4) is 0 Å². The molecular weight excluding hydrogens is 428 g/mol. The summed E-state index contributed by atoms with van der Waals surface area (Å²) in [7, 11) is -3.97. The summed E-state index contributed by atoms with van der Waals surface area (Å²) < 4.78 is 27.8. The first-order valence-electron chi connectivity index (χ1n) is 10.6. The highest BCUT2D eigenvalue weighted by molar-refractivity contribution is 7.89. The number of carbonyl (C=O) groups is 2. The van der Waals surface area contributed by atoms with Crippen LogP contribution in [0.5, 0.6) is 0 Å². The number of sulfonamides is 1. The van der Waals surface area contributed by atoms with Gasteiger partial charge < -0.3 is 5.32 Å². The molecule has 0 saturated heterocycles. The number of rotatable bonds is 8. The van der Waals surface area contributed by atoms with Crippen LogP contribution in [0, 0.1) is 0 Å². The molecule has 1 fully saturated rings. The van der Waals surface area contributed by atoms with E-state index >= 15 is 0 Å². The number of nitrogens with one attached hydrogen (secondary N) is 2. The fourth-order valence-corrected chi connectivity index (χ4v) is 4.87. The summed E-state index contributed by atoms with van der Waals surface area (Å²) in [5.41, 5.74) is 4.71. The fraction of sp³-hybridized carbons (Fsp3) is 0.348. The smallest absolute Gasteiger partial charge is 0.255 e. The summed E-state index contributed by atoms with van der Waals surface area (Å²) in [4.78, 5) is 23.8. The summed E-state index contributed by atoms with van der Waals surface area (Å²) in [5.74, 6) is -0.736. The molecule has 0 bridgehead atoms. The lowest BCUT2D eigenvalue weighted by Crippen LogP contribution is -2.39. The van der Waals surface area contributed by atoms with Crippen molar-refractivity contribution in [1.82, 2.24) is 9.73 Å².